The van der Waals surface area contributed by atoms with Crippen LogP contribution in [0.1, 0.15) is 12.5 Å². The van der Waals surface area contributed by atoms with Gasteiger partial charge in [-0.1, -0.05) is 34.1 Å². The lowest BCUT2D eigenvalue weighted by Crippen LogP contribution is -2.14. The van der Waals surface area contributed by atoms with Gasteiger partial charge in [0.2, 0.25) is 0 Å². The zero-order valence-corrected chi connectivity index (χ0v) is 19.9. The van der Waals surface area contributed by atoms with Gasteiger partial charge in [0.1, 0.15) is 28.0 Å². The molecule has 33 heavy (non-hydrogen) atoms. The zero-order valence-electron chi connectivity index (χ0n) is 17.5. The Balaban J connectivity index is 1.88. The molecule has 0 radical (unpaired) electrons. The molecule has 168 valence electrons. The number of anilines is 1. The van der Waals surface area contributed by atoms with Gasteiger partial charge in [0, 0.05) is 15.7 Å². The topological polar surface area (TPSA) is 105 Å². The van der Waals surface area contributed by atoms with E-state index in [1.807, 2.05) is 13.0 Å². The van der Waals surface area contributed by atoms with E-state index in [0.29, 0.717) is 22.5 Å². The van der Waals surface area contributed by atoms with Crippen LogP contribution in [-0.4, -0.2) is 20.9 Å². The number of nitrogens with one attached hydrogen (secondary N) is 1. The summed E-state index contributed by atoms with van der Waals surface area (Å²) in [5.74, 6) is -0.0238. The quantitative estimate of drug-likeness (QED) is 0.247. The fourth-order valence-corrected chi connectivity index (χ4v) is 4.12. The summed E-state index contributed by atoms with van der Waals surface area (Å²) in [6.07, 6.45) is 1.27. The number of benzene rings is 3. The van der Waals surface area contributed by atoms with Gasteiger partial charge in [-0.15, -0.1) is 0 Å². The Labute approximate surface area is 200 Å². The molecule has 0 heterocycles. The smallest absolute Gasteiger partial charge is 0.339 e. The monoisotopic (exact) mass is 526 g/mol. The average molecular weight is 527 g/mol. The molecule has 0 bridgehead atoms. The molecule has 1 amide bonds. The number of amides is 1. The maximum atomic E-state index is 12.7. The molecule has 0 saturated carbocycles. The van der Waals surface area contributed by atoms with E-state index in [1.165, 1.54) is 24.3 Å². The van der Waals surface area contributed by atoms with Crippen molar-refractivity contribution in [1.82, 2.24) is 0 Å². The number of nitriles is 1. The van der Waals surface area contributed by atoms with Crippen molar-refractivity contribution >= 4 is 43.7 Å². The molecular formula is C24H19BrN2O5S. The molecule has 0 saturated heterocycles. The Morgan fingerprint density at radius 1 is 1.09 bits per heavy atom. The number of rotatable bonds is 8. The number of carbonyl (C=O) groups is 1. The van der Waals surface area contributed by atoms with Crippen molar-refractivity contribution in [1.29, 1.82) is 5.26 Å². The maximum Gasteiger partial charge on any atom is 0.339 e. The van der Waals surface area contributed by atoms with E-state index < -0.39 is 16.0 Å². The standard InChI is InChI=1S/C24H19BrN2O5S/c1-2-31-21-11-9-20(10-12-21)27-24(28)18(16-26)14-17-15-19(25)8-13-23(17)32-33(29,30)22-6-4-3-5-7-22/h3-15H,2H2,1H3,(H,27,28)/b18-14+. The predicted octanol–water partition coefficient (Wildman–Crippen LogP) is 5.16. The van der Waals surface area contributed by atoms with Gasteiger partial charge in [0.15, 0.2) is 0 Å². The second-order valence-corrected chi connectivity index (χ2v) is 9.08. The molecule has 1 N–H and O–H groups in total. The summed E-state index contributed by atoms with van der Waals surface area (Å²) in [4.78, 5) is 12.6. The molecule has 0 spiro atoms. The summed E-state index contributed by atoms with van der Waals surface area (Å²) in [5, 5.41) is 12.2. The van der Waals surface area contributed by atoms with Crippen LogP contribution in [0.4, 0.5) is 5.69 Å². The third-order valence-corrected chi connectivity index (χ3v) is 6.03. The largest absolute Gasteiger partial charge is 0.494 e. The highest BCUT2D eigenvalue weighted by atomic mass is 79.9. The molecule has 0 aliphatic heterocycles. The Morgan fingerprint density at radius 3 is 2.42 bits per heavy atom. The second kappa shape index (κ2) is 10.8. The molecule has 0 fully saturated rings. The Morgan fingerprint density at radius 2 is 1.79 bits per heavy atom. The Hall–Kier alpha value is -3.61. The number of carbonyl (C=O) groups excluding carboxylic acids is 1. The van der Waals surface area contributed by atoms with Crippen LogP contribution < -0.4 is 14.2 Å². The number of hydrogen-bond donors (Lipinski definition) is 1. The minimum atomic E-state index is -4.11. The number of hydrogen-bond acceptors (Lipinski definition) is 6. The molecule has 0 atom stereocenters. The average Bonchev–Trinajstić information content (AvgIpc) is 2.81. The van der Waals surface area contributed by atoms with E-state index in [9.17, 15) is 18.5 Å². The first-order chi connectivity index (χ1) is 15.8. The van der Waals surface area contributed by atoms with Crippen molar-refractivity contribution in [2.45, 2.75) is 11.8 Å². The molecule has 7 nitrogen and oxygen atoms in total. The fourth-order valence-electron chi connectivity index (χ4n) is 2.77. The molecule has 3 aromatic rings. The highest BCUT2D eigenvalue weighted by Crippen LogP contribution is 2.28. The number of nitrogens with zero attached hydrogens (tertiary/aromatic N) is 1. The van der Waals surface area contributed by atoms with Crippen molar-refractivity contribution in [3.05, 3.63) is 88.4 Å². The summed E-state index contributed by atoms with van der Waals surface area (Å²) in [5.41, 5.74) is 0.480. The molecule has 0 aliphatic rings. The molecule has 0 aliphatic carbocycles. The Bertz CT molecular complexity index is 1320. The molecular weight excluding hydrogens is 508 g/mol. The molecule has 0 aromatic heterocycles. The first kappa shape index (κ1) is 24.0. The molecule has 0 unspecified atom stereocenters. The number of ether oxygens (including phenoxy) is 1. The van der Waals surface area contributed by atoms with Crippen LogP contribution in [0.25, 0.3) is 6.08 Å². The number of halogens is 1. The summed E-state index contributed by atoms with van der Waals surface area (Å²) in [6, 6.07) is 20.8. The highest BCUT2D eigenvalue weighted by Gasteiger charge is 2.19. The van der Waals surface area contributed by atoms with Crippen LogP contribution in [-0.2, 0) is 14.9 Å². The van der Waals surface area contributed by atoms with Crippen LogP contribution in [0.2, 0.25) is 0 Å². The van der Waals surface area contributed by atoms with Gasteiger partial charge in [-0.3, -0.25) is 4.79 Å². The summed E-state index contributed by atoms with van der Waals surface area (Å²) < 4.78 is 36.6. The molecule has 3 aromatic carbocycles. The predicted molar refractivity (Wildman–Crippen MR) is 128 cm³/mol. The van der Waals surface area contributed by atoms with Crippen LogP contribution in [0.5, 0.6) is 11.5 Å². The van der Waals surface area contributed by atoms with E-state index in [0.717, 1.165) is 0 Å². The summed E-state index contributed by atoms with van der Waals surface area (Å²) in [6.45, 7) is 2.38. The zero-order chi connectivity index (χ0) is 23.8. The van der Waals surface area contributed by atoms with Gasteiger partial charge >= 0.3 is 10.1 Å². The van der Waals surface area contributed by atoms with Crippen LogP contribution in [0.3, 0.4) is 0 Å². The SMILES string of the molecule is CCOc1ccc(NC(=O)/C(C#N)=C/c2cc(Br)ccc2OS(=O)(=O)c2ccccc2)cc1. The third-order valence-electron chi connectivity index (χ3n) is 4.29. The van der Waals surface area contributed by atoms with E-state index in [2.05, 4.69) is 21.2 Å². The lowest BCUT2D eigenvalue weighted by atomic mass is 10.1. The normalized spacial score (nSPS) is 11.4. The maximum absolute atomic E-state index is 12.7. The fraction of sp³-hybridized carbons (Fsp3) is 0.0833. The minimum absolute atomic E-state index is 0.0170. The van der Waals surface area contributed by atoms with E-state index in [-0.39, 0.29) is 21.8 Å². The second-order valence-electron chi connectivity index (χ2n) is 6.61. The summed E-state index contributed by atoms with van der Waals surface area (Å²) >= 11 is 3.31. The first-order valence-electron chi connectivity index (χ1n) is 9.77. The van der Waals surface area contributed by atoms with Crippen molar-refractivity contribution in [3.8, 4) is 17.6 Å². The van der Waals surface area contributed by atoms with Gasteiger partial charge in [-0.25, -0.2) is 0 Å². The van der Waals surface area contributed by atoms with Crippen molar-refractivity contribution in [2.24, 2.45) is 0 Å². The van der Waals surface area contributed by atoms with Gasteiger partial charge in [0.25, 0.3) is 5.91 Å². The summed E-state index contributed by atoms with van der Waals surface area (Å²) in [7, 11) is -4.11. The lowest BCUT2D eigenvalue weighted by Gasteiger charge is -2.11. The van der Waals surface area contributed by atoms with E-state index >= 15 is 0 Å². The van der Waals surface area contributed by atoms with E-state index in [1.54, 1.807) is 54.6 Å². The van der Waals surface area contributed by atoms with Crippen LogP contribution in [0, 0.1) is 11.3 Å². The molecule has 9 heteroatoms. The van der Waals surface area contributed by atoms with E-state index in [4.69, 9.17) is 8.92 Å². The third kappa shape index (κ3) is 6.44. The first-order valence-corrected chi connectivity index (χ1v) is 12.0. The van der Waals surface area contributed by atoms with Gasteiger partial charge in [0.05, 0.1) is 6.61 Å². The van der Waals surface area contributed by atoms with Crippen molar-refractivity contribution in [2.75, 3.05) is 11.9 Å². The lowest BCUT2D eigenvalue weighted by molar-refractivity contribution is -0.112. The molecule has 3 rings (SSSR count). The van der Waals surface area contributed by atoms with Crippen LogP contribution >= 0.6 is 15.9 Å². The highest BCUT2D eigenvalue weighted by molar-refractivity contribution is 9.10. The van der Waals surface area contributed by atoms with Crippen LogP contribution in [0.15, 0.2) is 87.7 Å². The minimum Gasteiger partial charge on any atom is -0.494 e. The van der Waals surface area contributed by atoms with Crippen molar-refractivity contribution < 1.29 is 22.1 Å². The Kier molecular flexibility index (Phi) is 7.87. The van der Waals surface area contributed by atoms with Gasteiger partial charge in [-0.05, 0) is 67.6 Å². The van der Waals surface area contributed by atoms with Crippen molar-refractivity contribution in [3.63, 3.8) is 0 Å². The van der Waals surface area contributed by atoms with Gasteiger partial charge in [-0.2, -0.15) is 13.7 Å². The van der Waals surface area contributed by atoms with Gasteiger partial charge < -0.3 is 14.2 Å².